The molecular weight excluding hydrogens is 295 g/mol. The molecule has 0 spiro atoms. The third-order valence-corrected chi connectivity index (χ3v) is 3.68. The van der Waals surface area contributed by atoms with Crippen LogP contribution in [-0.4, -0.2) is 17.5 Å². The molecule has 118 valence electrons. The van der Waals surface area contributed by atoms with Crippen LogP contribution < -0.4 is 10.1 Å². The summed E-state index contributed by atoms with van der Waals surface area (Å²) in [5, 5.41) is 3.54. The predicted molar refractivity (Wildman–Crippen MR) is 88.6 cm³/mol. The molecule has 0 radical (unpaired) electrons. The van der Waals surface area contributed by atoms with Crippen molar-refractivity contribution in [2.45, 2.75) is 13.8 Å². The van der Waals surface area contributed by atoms with E-state index in [1.807, 2.05) is 19.1 Å². The summed E-state index contributed by atoms with van der Waals surface area (Å²) in [5.41, 5.74) is 2.46. The van der Waals surface area contributed by atoms with Crippen LogP contribution in [0.3, 0.4) is 0 Å². The topological polar surface area (TPSA) is 54.1 Å². The third-order valence-electron chi connectivity index (χ3n) is 3.68. The Morgan fingerprint density at radius 3 is 2.83 bits per heavy atom. The minimum atomic E-state index is -0.326. The van der Waals surface area contributed by atoms with Crippen LogP contribution in [0.1, 0.15) is 23.0 Å². The number of nitrogens with one attached hydrogen (secondary N) is 2. The fourth-order valence-corrected chi connectivity index (χ4v) is 2.56. The van der Waals surface area contributed by atoms with Crippen molar-refractivity contribution in [3.63, 3.8) is 0 Å². The summed E-state index contributed by atoms with van der Waals surface area (Å²) in [4.78, 5) is 15.6. The summed E-state index contributed by atoms with van der Waals surface area (Å²) in [7, 11) is 0. The van der Waals surface area contributed by atoms with Gasteiger partial charge in [0.05, 0.1) is 12.3 Å². The SMILES string of the molecule is CCOc1ccccc1NC(=O)c1[nH]c2ccc(F)cc2c1C. The summed E-state index contributed by atoms with van der Waals surface area (Å²) in [5.74, 6) is 0.00247. The second kappa shape index (κ2) is 6.12. The van der Waals surface area contributed by atoms with Crippen molar-refractivity contribution in [3.8, 4) is 5.75 Å². The zero-order valence-corrected chi connectivity index (χ0v) is 12.9. The number of rotatable bonds is 4. The molecule has 2 aromatic carbocycles. The Morgan fingerprint density at radius 1 is 1.26 bits per heavy atom. The number of aromatic amines is 1. The molecule has 3 aromatic rings. The minimum Gasteiger partial charge on any atom is -0.492 e. The predicted octanol–water partition coefficient (Wildman–Crippen LogP) is 4.27. The summed E-state index contributed by atoms with van der Waals surface area (Å²) < 4.78 is 18.9. The quantitative estimate of drug-likeness (QED) is 0.756. The van der Waals surface area contributed by atoms with Crippen LogP contribution in [-0.2, 0) is 0 Å². The number of amides is 1. The fourth-order valence-electron chi connectivity index (χ4n) is 2.56. The lowest BCUT2D eigenvalue weighted by molar-refractivity contribution is 0.102. The number of halogens is 1. The Balaban J connectivity index is 1.94. The third kappa shape index (κ3) is 2.90. The fraction of sp³-hybridized carbons (Fsp3) is 0.167. The average Bonchev–Trinajstić information content (AvgIpc) is 2.86. The lowest BCUT2D eigenvalue weighted by atomic mass is 10.1. The molecule has 0 aliphatic rings. The molecule has 2 N–H and O–H groups in total. The van der Waals surface area contributed by atoms with Crippen molar-refractivity contribution in [1.82, 2.24) is 4.98 Å². The normalized spacial score (nSPS) is 10.7. The molecule has 0 bridgehead atoms. The summed E-state index contributed by atoms with van der Waals surface area (Å²) in [6, 6.07) is 11.7. The Bertz CT molecular complexity index is 871. The molecule has 5 heteroatoms. The van der Waals surface area contributed by atoms with Crippen LogP contribution in [0.4, 0.5) is 10.1 Å². The number of hydrogen-bond acceptors (Lipinski definition) is 2. The molecule has 4 nitrogen and oxygen atoms in total. The highest BCUT2D eigenvalue weighted by molar-refractivity contribution is 6.08. The molecule has 0 unspecified atom stereocenters. The number of anilines is 1. The van der Waals surface area contributed by atoms with Crippen molar-refractivity contribution in [1.29, 1.82) is 0 Å². The standard InChI is InChI=1S/C18H17FN2O2/c1-3-23-16-7-5-4-6-15(16)21-18(22)17-11(2)13-10-12(19)8-9-14(13)20-17/h4-10,20H,3H2,1-2H3,(H,21,22). The van der Waals surface area contributed by atoms with Crippen LogP contribution in [0.25, 0.3) is 10.9 Å². The Labute approximate surface area is 133 Å². The van der Waals surface area contributed by atoms with E-state index in [9.17, 15) is 9.18 Å². The van der Waals surface area contributed by atoms with Gasteiger partial charge in [0, 0.05) is 10.9 Å². The maximum Gasteiger partial charge on any atom is 0.272 e. The maximum atomic E-state index is 13.4. The van der Waals surface area contributed by atoms with Gasteiger partial charge in [-0.15, -0.1) is 0 Å². The number of aromatic nitrogens is 1. The number of ether oxygens (including phenoxy) is 1. The van der Waals surface area contributed by atoms with Crippen molar-refractivity contribution >= 4 is 22.5 Å². The van der Waals surface area contributed by atoms with Gasteiger partial charge in [-0.25, -0.2) is 4.39 Å². The molecule has 0 atom stereocenters. The first kappa shape index (κ1) is 15.1. The number of hydrogen-bond donors (Lipinski definition) is 2. The van der Waals surface area contributed by atoms with Crippen LogP contribution in [0.5, 0.6) is 5.75 Å². The monoisotopic (exact) mass is 312 g/mol. The van der Waals surface area contributed by atoms with Crippen LogP contribution >= 0.6 is 0 Å². The van der Waals surface area contributed by atoms with E-state index in [0.717, 1.165) is 5.52 Å². The lowest BCUT2D eigenvalue weighted by Gasteiger charge is -2.11. The largest absolute Gasteiger partial charge is 0.492 e. The molecule has 3 rings (SSSR count). The number of fused-ring (bicyclic) bond motifs is 1. The number of carbonyl (C=O) groups excluding carboxylic acids is 1. The van der Waals surface area contributed by atoms with Gasteiger partial charge in [0.2, 0.25) is 0 Å². The zero-order chi connectivity index (χ0) is 16.4. The highest BCUT2D eigenvalue weighted by atomic mass is 19.1. The minimum absolute atomic E-state index is 0.286. The van der Waals surface area contributed by atoms with E-state index in [2.05, 4.69) is 10.3 Å². The molecule has 1 heterocycles. The van der Waals surface area contributed by atoms with Crippen LogP contribution in [0, 0.1) is 12.7 Å². The Hall–Kier alpha value is -2.82. The number of aryl methyl sites for hydroxylation is 1. The number of H-pyrrole nitrogens is 1. The van der Waals surface area contributed by atoms with Crippen molar-refractivity contribution in [2.75, 3.05) is 11.9 Å². The number of carbonyl (C=O) groups is 1. The van der Waals surface area contributed by atoms with E-state index in [1.54, 1.807) is 25.1 Å². The van der Waals surface area contributed by atoms with Gasteiger partial charge in [0.15, 0.2) is 0 Å². The lowest BCUT2D eigenvalue weighted by Crippen LogP contribution is -2.14. The van der Waals surface area contributed by atoms with Gasteiger partial charge < -0.3 is 15.0 Å². The van der Waals surface area contributed by atoms with E-state index in [-0.39, 0.29) is 11.7 Å². The van der Waals surface area contributed by atoms with Crippen molar-refractivity contribution in [2.24, 2.45) is 0 Å². The molecule has 0 saturated heterocycles. The Morgan fingerprint density at radius 2 is 2.04 bits per heavy atom. The summed E-state index contributed by atoms with van der Waals surface area (Å²) in [6.07, 6.45) is 0. The van der Waals surface area contributed by atoms with Crippen LogP contribution in [0.2, 0.25) is 0 Å². The number of benzene rings is 2. The van der Waals surface area contributed by atoms with E-state index < -0.39 is 0 Å². The molecule has 1 aromatic heterocycles. The van der Waals surface area contributed by atoms with Gasteiger partial charge in [-0.2, -0.15) is 0 Å². The second-order valence-corrected chi connectivity index (χ2v) is 5.20. The molecule has 1 amide bonds. The van der Waals surface area contributed by atoms with E-state index in [4.69, 9.17) is 4.74 Å². The number of para-hydroxylation sites is 2. The van der Waals surface area contributed by atoms with E-state index >= 15 is 0 Å². The maximum absolute atomic E-state index is 13.4. The van der Waals surface area contributed by atoms with Crippen molar-refractivity contribution in [3.05, 3.63) is 59.5 Å². The first-order valence-corrected chi connectivity index (χ1v) is 7.41. The van der Waals surface area contributed by atoms with Gasteiger partial charge >= 0.3 is 0 Å². The van der Waals surface area contributed by atoms with Crippen LogP contribution in [0.15, 0.2) is 42.5 Å². The highest BCUT2D eigenvalue weighted by Crippen LogP contribution is 2.26. The zero-order valence-electron chi connectivity index (χ0n) is 12.9. The van der Waals surface area contributed by atoms with E-state index in [1.165, 1.54) is 12.1 Å². The Kier molecular flexibility index (Phi) is 4.02. The van der Waals surface area contributed by atoms with Gasteiger partial charge in [-0.05, 0) is 49.7 Å². The highest BCUT2D eigenvalue weighted by Gasteiger charge is 2.16. The van der Waals surface area contributed by atoms with Crippen molar-refractivity contribution < 1.29 is 13.9 Å². The first-order chi connectivity index (χ1) is 11.1. The summed E-state index contributed by atoms with van der Waals surface area (Å²) >= 11 is 0. The van der Waals surface area contributed by atoms with Gasteiger partial charge in [-0.1, -0.05) is 12.1 Å². The van der Waals surface area contributed by atoms with Gasteiger partial charge in [-0.3, -0.25) is 4.79 Å². The molecule has 23 heavy (non-hydrogen) atoms. The molecular formula is C18H17FN2O2. The summed E-state index contributed by atoms with van der Waals surface area (Å²) in [6.45, 7) is 4.19. The van der Waals surface area contributed by atoms with Gasteiger partial charge in [0.25, 0.3) is 5.91 Å². The molecule has 0 saturated carbocycles. The smallest absolute Gasteiger partial charge is 0.272 e. The second-order valence-electron chi connectivity index (χ2n) is 5.20. The molecule has 0 aliphatic heterocycles. The first-order valence-electron chi connectivity index (χ1n) is 7.41. The molecule has 0 aliphatic carbocycles. The average molecular weight is 312 g/mol. The van der Waals surface area contributed by atoms with E-state index in [0.29, 0.717) is 34.7 Å². The molecule has 0 fully saturated rings. The van der Waals surface area contributed by atoms with Gasteiger partial charge in [0.1, 0.15) is 17.3 Å².